The molecule has 0 amide bonds. The molecule has 0 saturated heterocycles. The van der Waals surface area contributed by atoms with Crippen molar-refractivity contribution in [1.29, 1.82) is 0 Å². The van der Waals surface area contributed by atoms with Crippen LogP contribution in [-0.2, 0) is 0 Å². The van der Waals surface area contributed by atoms with Crippen LogP contribution in [0.1, 0.15) is 19.3 Å². The van der Waals surface area contributed by atoms with Gasteiger partial charge in [0, 0.05) is 44.0 Å². The van der Waals surface area contributed by atoms with Crippen LogP contribution in [0.2, 0.25) is 0 Å². The van der Waals surface area contributed by atoms with Gasteiger partial charge in [-0.15, -0.1) is 0 Å². The molecule has 2 nitrogen and oxygen atoms in total. The van der Waals surface area contributed by atoms with Crippen LogP contribution >= 0.6 is 0 Å². The van der Waals surface area contributed by atoms with Gasteiger partial charge in [0.1, 0.15) is 0 Å². The van der Waals surface area contributed by atoms with Crippen LogP contribution in [0.3, 0.4) is 0 Å². The average Bonchev–Trinajstić information content (AvgIpc) is 3.61. The van der Waals surface area contributed by atoms with Crippen molar-refractivity contribution in [3.8, 4) is 22.5 Å². The first-order chi connectivity index (χ1) is 21.8. The van der Waals surface area contributed by atoms with E-state index in [1.807, 2.05) is 0 Å². The van der Waals surface area contributed by atoms with Crippen molar-refractivity contribution in [3.05, 3.63) is 156 Å². The van der Waals surface area contributed by atoms with Gasteiger partial charge in [-0.05, 0) is 78.4 Å². The van der Waals surface area contributed by atoms with E-state index in [-0.39, 0.29) is 0 Å². The Morgan fingerprint density at radius 1 is 0.523 bits per heavy atom. The maximum Gasteiger partial charge on any atom is 0.0541 e. The monoisotopic (exact) mass is 564 g/mol. The van der Waals surface area contributed by atoms with E-state index >= 15 is 0 Å². The lowest BCUT2D eigenvalue weighted by atomic mass is 9.88. The fourth-order valence-corrected chi connectivity index (χ4v) is 7.42. The number of allylic oxidation sites excluding steroid dienone is 4. The summed E-state index contributed by atoms with van der Waals surface area (Å²) in [6.45, 7) is 0. The first kappa shape index (κ1) is 25.2. The first-order valence-electron chi connectivity index (χ1n) is 15.7. The summed E-state index contributed by atoms with van der Waals surface area (Å²) >= 11 is 0. The smallest absolute Gasteiger partial charge is 0.0541 e. The molecule has 2 aliphatic rings. The summed E-state index contributed by atoms with van der Waals surface area (Å²) in [6, 6.07) is 44.3. The number of nitrogens with zero attached hydrogens (tertiary/aromatic N) is 2. The molecule has 0 N–H and O–H groups in total. The van der Waals surface area contributed by atoms with Crippen molar-refractivity contribution in [2.75, 3.05) is 0 Å². The van der Waals surface area contributed by atoms with Crippen molar-refractivity contribution in [3.63, 3.8) is 0 Å². The number of benzene rings is 5. The van der Waals surface area contributed by atoms with Crippen LogP contribution in [-0.4, -0.2) is 9.13 Å². The molecule has 9 rings (SSSR count). The molecule has 0 fully saturated rings. The van der Waals surface area contributed by atoms with E-state index in [1.165, 1.54) is 71.4 Å². The topological polar surface area (TPSA) is 9.86 Å². The van der Waals surface area contributed by atoms with Gasteiger partial charge >= 0.3 is 0 Å². The molecule has 0 bridgehead atoms. The van der Waals surface area contributed by atoms with E-state index in [0.29, 0.717) is 5.92 Å². The molecule has 2 heteroatoms. The second kappa shape index (κ2) is 10.1. The average molecular weight is 565 g/mol. The zero-order valence-corrected chi connectivity index (χ0v) is 24.5. The maximum atomic E-state index is 2.53. The molecule has 1 atom stereocenters. The molecule has 0 saturated carbocycles. The van der Waals surface area contributed by atoms with Gasteiger partial charge in [0.05, 0.1) is 16.6 Å². The largest absolute Gasteiger partial charge is 0.310 e. The van der Waals surface area contributed by atoms with Gasteiger partial charge in [-0.3, -0.25) is 0 Å². The maximum absolute atomic E-state index is 2.53. The number of para-hydroxylation sites is 2. The predicted molar refractivity (Wildman–Crippen MR) is 186 cm³/mol. The molecule has 0 spiro atoms. The molecule has 2 aliphatic carbocycles. The zero-order valence-electron chi connectivity index (χ0n) is 24.5. The van der Waals surface area contributed by atoms with Gasteiger partial charge in [0.15, 0.2) is 0 Å². The first-order valence-corrected chi connectivity index (χ1v) is 15.7. The molecule has 2 heterocycles. The number of hydrogen-bond acceptors (Lipinski definition) is 0. The minimum absolute atomic E-state index is 0.405. The third kappa shape index (κ3) is 3.95. The Morgan fingerprint density at radius 2 is 1.23 bits per heavy atom. The standard InChI is InChI=1S/C42H32N2/c1-3-12-29(13-4-1)31-22-24-41-37(26-31)38-27-32(30-14-5-2-6-15-30)23-25-42(38)44(41)34-17-11-16-33(28-34)43-39-20-9-7-18-35(39)36-19-8-10-21-40(36)43/h1,3-5,7-22,24-28,32H,2,6,23H2. The Labute approximate surface area is 256 Å². The number of hydrogen-bond donors (Lipinski definition) is 0. The Hall–Kier alpha value is -5.34. The summed E-state index contributed by atoms with van der Waals surface area (Å²) in [6.07, 6.45) is 15.4. The van der Waals surface area contributed by atoms with Crippen molar-refractivity contribution < 1.29 is 0 Å². The van der Waals surface area contributed by atoms with Crippen LogP contribution in [0.5, 0.6) is 0 Å². The summed E-state index contributed by atoms with van der Waals surface area (Å²) in [4.78, 5) is 0. The summed E-state index contributed by atoms with van der Waals surface area (Å²) in [5, 5.41) is 6.51. The van der Waals surface area contributed by atoms with Crippen molar-refractivity contribution >= 4 is 44.9 Å². The molecule has 5 aromatic carbocycles. The van der Waals surface area contributed by atoms with Gasteiger partial charge in [0.25, 0.3) is 0 Å². The lowest BCUT2D eigenvalue weighted by molar-refractivity contribution is 0.823. The molecule has 0 aliphatic heterocycles. The van der Waals surface area contributed by atoms with Gasteiger partial charge < -0.3 is 9.13 Å². The molecular weight excluding hydrogens is 532 g/mol. The Kier molecular flexibility index (Phi) is 5.80. The van der Waals surface area contributed by atoms with E-state index in [9.17, 15) is 0 Å². The molecule has 2 aromatic heterocycles. The summed E-state index contributed by atoms with van der Waals surface area (Å²) < 4.78 is 4.89. The van der Waals surface area contributed by atoms with Crippen molar-refractivity contribution in [1.82, 2.24) is 9.13 Å². The number of aromatic nitrogens is 2. The zero-order chi connectivity index (χ0) is 29.0. The van der Waals surface area contributed by atoms with E-state index in [0.717, 1.165) is 19.3 Å². The normalized spacial score (nSPS) is 16.1. The summed E-state index contributed by atoms with van der Waals surface area (Å²) in [5.74, 6) is 0.405. The number of rotatable bonds is 4. The lowest BCUT2D eigenvalue weighted by Gasteiger charge is -2.18. The summed E-state index contributed by atoms with van der Waals surface area (Å²) in [7, 11) is 0. The molecule has 1 unspecified atom stereocenters. The Bertz CT molecular complexity index is 2360. The van der Waals surface area contributed by atoms with Crippen molar-refractivity contribution in [2.45, 2.75) is 19.3 Å². The molecular formula is C42H32N2. The fourth-order valence-electron chi connectivity index (χ4n) is 7.42. The van der Waals surface area contributed by atoms with Gasteiger partial charge in [-0.1, -0.05) is 109 Å². The highest BCUT2D eigenvalue weighted by atomic mass is 15.0. The van der Waals surface area contributed by atoms with E-state index in [1.54, 1.807) is 0 Å². The Balaban J connectivity index is 1.29. The molecule has 0 radical (unpaired) electrons. The number of fused-ring (bicyclic) bond motifs is 6. The SMILES string of the molecule is C1=CC(C2C=c3c(n(-c4cccc(-n5c6ccccc6c6ccccc65)c4)c4ccc(-c5ccccc5)cc34)=CC2)=CCC1. The highest BCUT2D eigenvalue weighted by Gasteiger charge is 2.19. The highest BCUT2D eigenvalue weighted by molar-refractivity contribution is 6.09. The third-order valence-electron chi connectivity index (χ3n) is 9.46. The molecule has 44 heavy (non-hydrogen) atoms. The van der Waals surface area contributed by atoms with Gasteiger partial charge in [-0.25, -0.2) is 0 Å². The van der Waals surface area contributed by atoms with Crippen LogP contribution in [0.15, 0.2) is 145 Å². The van der Waals surface area contributed by atoms with Crippen molar-refractivity contribution in [2.24, 2.45) is 5.92 Å². The molecule has 7 aromatic rings. The fraction of sp³-hybridized carbons (Fsp3) is 0.0952. The second-order valence-electron chi connectivity index (χ2n) is 12.0. The van der Waals surface area contributed by atoms with Crippen LogP contribution in [0, 0.1) is 5.92 Å². The van der Waals surface area contributed by atoms with E-state index in [4.69, 9.17) is 0 Å². The predicted octanol–water partition coefficient (Wildman–Crippen LogP) is 9.25. The van der Waals surface area contributed by atoms with Gasteiger partial charge in [0.2, 0.25) is 0 Å². The highest BCUT2D eigenvalue weighted by Crippen LogP contribution is 2.33. The Morgan fingerprint density at radius 3 is 1.98 bits per heavy atom. The minimum atomic E-state index is 0.405. The van der Waals surface area contributed by atoms with Crippen LogP contribution in [0.25, 0.3) is 67.4 Å². The van der Waals surface area contributed by atoms with E-state index in [2.05, 4.69) is 161 Å². The van der Waals surface area contributed by atoms with Crippen LogP contribution in [0.4, 0.5) is 0 Å². The second-order valence-corrected chi connectivity index (χ2v) is 12.0. The molecule has 210 valence electrons. The quantitative estimate of drug-likeness (QED) is 0.202. The van der Waals surface area contributed by atoms with Gasteiger partial charge in [-0.2, -0.15) is 0 Å². The third-order valence-corrected chi connectivity index (χ3v) is 9.46. The van der Waals surface area contributed by atoms with Crippen LogP contribution < -0.4 is 10.6 Å². The van der Waals surface area contributed by atoms with E-state index < -0.39 is 0 Å². The minimum Gasteiger partial charge on any atom is -0.310 e. The summed E-state index contributed by atoms with van der Waals surface area (Å²) in [5.41, 5.74) is 10.0. The lowest BCUT2D eigenvalue weighted by Crippen LogP contribution is -2.32.